The van der Waals surface area contributed by atoms with Crippen molar-refractivity contribution in [2.24, 2.45) is 10.7 Å². The molecule has 2 rings (SSSR count). The van der Waals surface area contributed by atoms with Crippen LogP contribution in [0.5, 0.6) is 0 Å². The summed E-state index contributed by atoms with van der Waals surface area (Å²) >= 11 is 1.49. The summed E-state index contributed by atoms with van der Waals surface area (Å²) in [5.74, 6) is 0.0460. The van der Waals surface area contributed by atoms with Gasteiger partial charge in [-0.1, -0.05) is 6.07 Å². The van der Waals surface area contributed by atoms with E-state index >= 15 is 0 Å². The fourth-order valence-corrected chi connectivity index (χ4v) is 3.44. The third-order valence-corrected chi connectivity index (χ3v) is 5.00. The van der Waals surface area contributed by atoms with E-state index in [0.717, 1.165) is 9.18 Å². The predicted octanol–water partition coefficient (Wildman–Crippen LogP) is 0.379. The molecule has 1 aliphatic heterocycles. The van der Waals surface area contributed by atoms with Gasteiger partial charge in [-0.2, -0.15) is 0 Å². The molecule has 0 saturated heterocycles. The zero-order chi connectivity index (χ0) is 11.1. The largest absolute Gasteiger partial charge is 0.369 e. The van der Waals surface area contributed by atoms with Gasteiger partial charge in [0.05, 0.1) is 5.75 Å². The number of sulfonamides is 1. The molecule has 1 aliphatic rings. The standard InChI is InChI=1S/C8H11N3O2S2/c1-11-8(9)10-6(5-15(11,12)13)7-3-2-4-14-7/h2-4,6H,5H2,1H3,(H2,9,10). The highest BCUT2D eigenvalue weighted by atomic mass is 32.2. The maximum atomic E-state index is 11.7. The Morgan fingerprint density at radius 1 is 1.67 bits per heavy atom. The average Bonchev–Trinajstić information content (AvgIpc) is 2.66. The number of hydrogen-bond acceptors (Lipinski definition) is 5. The molecular formula is C8H11N3O2S2. The van der Waals surface area contributed by atoms with Gasteiger partial charge >= 0.3 is 0 Å². The SMILES string of the molecule is CN1C(N)=NC(c2cccs2)CS1(=O)=O. The van der Waals surface area contributed by atoms with Crippen LogP contribution < -0.4 is 5.73 Å². The number of thiophene rings is 1. The Bertz CT molecular complexity index is 478. The van der Waals surface area contributed by atoms with Crippen molar-refractivity contribution in [2.75, 3.05) is 12.8 Å². The molecule has 1 aromatic rings. The molecule has 0 bridgehead atoms. The van der Waals surface area contributed by atoms with Crippen molar-refractivity contribution in [3.8, 4) is 0 Å². The molecule has 0 aliphatic carbocycles. The average molecular weight is 245 g/mol. The summed E-state index contributed by atoms with van der Waals surface area (Å²) in [6.07, 6.45) is 0. The molecule has 0 fully saturated rings. The molecule has 0 saturated carbocycles. The first-order chi connectivity index (χ1) is 7.00. The zero-order valence-corrected chi connectivity index (χ0v) is 9.75. The molecule has 2 N–H and O–H groups in total. The van der Waals surface area contributed by atoms with E-state index in [-0.39, 0.29) is 17.8 Å². The Hall–Kier alpha value is -1.08. The summed E-state index contributed by atoms with van der Waals surface area (Å²) in [7, 11) is -1.89. The molecule has 0 aromatic carbocycles. The van der Waals surface area contributed by atoms with Gasteiger partial charge in [0.2, 0.25) is 16.0 Å². The maximum Gasteiger partial charge on any atom is 0.239 e. The van der Waals surface area contributed by atoms with E-state index in [0.29, 0.717) is 0 Å². The zero-order valence-electron chi connectivity index (χ0n) is 8.12. The van der Waals surface area contributed by atoms with Crippen molar-refractivity contribution < 1.29 is 8.42 Å². The predicted molar refractivity (Wildman–Crippen MR) is 60.2 cm³/mol. The topological polar surface area (TPSA) is 75.8 Å². The molecule has 15 heavy (non-hydrogen) atoms. The summed E-state index contributed by atoms with van der Waals surface area (Å²) < 4.78 is 24.4. The van der Waals surface area contributed by atoms with E-state index in [1.807, 2.05) is 17.5 Å². The van der Waals surface area contributed by atoms with Crippen molar-refractivity contribution in [1.82, 2.24) is 4.31 Å². The number of nitrogens with two attached hydrogens (primary N) is 1. The Kier molecular flexibility index (Phi) is 2.43. The quantitative estimate of drug-likeness (QED) is 0.777. The Labute approximate surface area is 92.3 Å². The van der Waals surface area contributed by atoms with Crippen molar-refractivity contribution in [3.05, 3.63) is 22.4 Å². The molecule has 5 nitrogen and oxygen atoms in total. The van der Waals surface area contributed by atoms with Crippen LogP contribution in [0.3, 0.4) is 0 Å². The number of hydrogen-bond donors (Lipinski definition) is 1. The first kappa shape index (κ1) is 10.4. The van der Waals surface area contributed by atoms with Gasteiger partial charge in [-0.15, -0.1) is 11.3 Å². The fourth-order valence-electron chi connectivity index (χ4n) is 1.36. The summed E-state index contributed by atoms with van der Waals surface area (Å²) in [5, 5.41) is 1.89. The lowest BCUT2D eigenvalue weighted by Crippen LogP contribution is -2.44. The summed E-state index contributed by atoms with van der Waals surface area (Å²) in [5.41, 5.74) is 5.55. The number of nitrogens with zero attached hydrogens (tertiary/aromatic N) is 2. The van der Waals surface area contributed by atoms with Crippen LogP contribution in [0.4, 0.5) is 0 Å². The van der Waals surface area contributed by atoms with Gasteiger partial charge in [0.25, 0.3) is 0 Å². The van der Waals surface area contributed by atoms with E-state index in [2.05, 4.69) is 4.99 Å². The van der Waals surface area contributed by atoms with Crippen LogP contribution >= 0.6 is 11.3 Å². The minimum Gasteiger partial charge on any atom is -0.369 e. The van der Waals surface area contributed by atoms with E-state index in [4.69, 9.17) is 5.73 Å². The maximum absolute atomic E-state index is 11.7. The highest BCUT2D eigenvalue weighted by molar-refractivity contribution is 7.89. The number of aliphatic imine (C=N–C) groups is 1. The molecule has 2 heterocycles. The van der Waals surface area contributed by atoms with Crippen molar-refractivity contribution in [1.29, 1.82) is 0 Å². The molecule has 7 heteroatoms. The summed E-state index contributed by atoms with van der Waals surface area (Å²) in [6, 6.07) is 3.38. The number of guanidine groups is 1. The lowest BCUT2D eigenvalue weighted by Gasteiger charge is -2.26. The highest BCUT2D eigenvalue weighted by Gasteiger charge is 2.31. The van der Waals surface area contributed by atoms with Gasteiger partial charge in [0, 0.05) is 11.9 Å². The molecule has 1 atom stereocenters. The minimum atomic E-state index is -3.30. The minimum absolute atomic E-state index is 0.00921. The van der Waals surface area contributed by atoms with Crippen LogP contribution in [0.15, 0.2) is 22.5 Å². The van der Waals surface area contributed by atoms with Gasteiger partial charge < -0.3 is 5.73 Å². The highest BCUT2D eigenvalue weighted by Crippen LogP contribution is 2.27. The second-order valence-electron chi connectivity index (χ2n) is 3.26. The summed E-state index contributed by atoms with van der Waals surface area (Å²) in [4.78, 5) is 5.08. The monoisotopic (exact) mass is 245 g/mol. The van der Waals surface area contributed by atoms with Crippen LogP contribution in [0, 0.1) is 0 Å². The second kappa shape index (κ2) is 3.49. The van der Waals surface area contributed by atoms with Gasteiger partial charge in [-0.3, -0.25) is 0 Å². The molecule has 0 spiro atoms. The molecule has 1 unspecified atom stereocenters. The van der Waals surface area contributed by atoms with E-state index in [9.17, 15) is 8.42 Å². The Morgan fingerprint density at radius 3 is 2.93 bits per heavy atom. The van der Waals surface area contributed by atoms with E-state index in [1.165, 1.54) is 18.4 Å². The fraction of sp³-hybridized carbons (Fsp3) is 0.375. The smallest absolute Gasteiger partial charge is 0.239 e. The molecule has 1 aromatic heterocycles. The first-order valence-electron chi connectivity index (χ1n) is 4.34. The molecule has 82 valence electrons. The lowest BCUT2D eigenvalue weighted by atomic mass is 10.3. The van der Waals surface area contributed by atoms with Crippen LogP contribution in [0.1, 0.15) is 10.9 Å². The van der Waals surface area contributed by atoms with Crippen molar-refractivity contribution >= 4 is 27.3 Å². The Balaban J connectivity index is 2.40. The van der Waals surface area contributed by atoms with Crippen molar-refractivity contribution in [3.63, 3.8) is 0 Å². The number of rotatable bonds is 1. The van der Waals surface area contributed by atoms with Gasteiger partial charge in [-0.25, -0.2) is 17.7 Å². The normalized spacial score (nSPS) is 25.0. The van der Waals surface area contributed by atoms with E-state index < -0.39 is 10.0 Å². The van der Waals surface area contributed by atoms with Crippen LogP contribution in [-0.4, -0.2) is 31.5 Å². The van der Waals surface area contributed by atoms with Gasteiger partial charge in [0.15, 0.2) is 0 Å². The van der Waals surface area contributed by atoms with Crippen LogP contribution in [-0.2, 0) is 10.0 Å². The lowest BCUT2D eigenvalue weighted by molar-refractivity contribution is 0.532. The second-order valence-corrected chi connectivity index (χ2v) is 6.29. The Morgan fingerprint density at radius 2 is 2.40 bits per heavy atom. The van der Waals surface area contributed by atoms with Crippen molar-refractivity contribution in [2.45, 2.75) is 6.04 Å². The summed E-state index contributed by atoms with van der Waals surface area (Å²) in [6.45, 7) is 0. The van der Waals surface area contributed by atoms with Gasteiger partial charge in [-0.05, 0) is 11.4 Å². The molecular weight excluding hydrogens is 234 g/mol. The van der Waals surface area contributed by atoms with Crippen LogP contribution in [0.2, 0.25) is 0 Å². The molecule has 0 radical (unpaired) electrons. The first-order valence-corrected chi connectivity index (χ1v) is 6.83. The molecule has 0 amide bonds. The van der Waals surface area contributed by atoms with Gasteiger partial charge in [0.1, 0.15) is 6.04 Å². The third-order valence-electron chi connectivity index (χ3n) is 2.27. The third kappa shape index (κ3) is 1.84. The van der Waals surface area contributed by atoms with Crippen LogP contribution in [0.25, 0.3) is 0 Å². The van der Waals surface area contributed by atoms with E-state index in [1.54, 1.807) is 0 Å².